The Hall–Kier alpha value is -5.30. The smallest absolute Gasteiger partial charge is 0.343 e. The van der Waals surface area contributed by atoms with Gasteiger partial charge >= 0.3 is 5.97 Å². The molecule has 1 aromatic heterocycles. The van der Waals surface area contributed by atoms with Crippen molar-refractivity contribution in [1.29, 1.82) is 0 Å². The van der Waals surface area contributed by atoms with Crippen molar-refractivity contribution >= 4 is 28.5 Å². The Bertz CT molecular complexity index is 1810. The summed E-state index contributed by atoms with van der Waals surface area (Å²) in [6.07, 6.45) is 0.270. The first-order chi connectivity index (χ1) is 19.5. The van der Waals surface area contributed by atoms with Gasteiger partial charge in [0, 0.05) is 24.4 Å². The predicted octanol–water partition coefficient (Wildman–Crippen LogP) is 5.75. The van der Waals surface area contributed by atoms with E-state index in [1.165, 1.54) is 9.58 Å². The minimum absolute atomic E-state index is 0.132. The molecule has 1 amide bonds. The first kappa shape index (κ1) is 25.0. The number of aryl methyl sites for hydroxylation is 1. The number of benzene rings is 4. The molecular weight excluding hydrogens is 502 g/mol. The van der Waals surface area contributed by atoms with Gasteiger partial charge in [0.15, 0.2) is 5.75 Å². The average Bonchev–Trinajstić information content (AvgIpc) is 3.45. The predicted molar refractivity (Wildman–Crippen MR) is 154 cm³/mol. The molecule has 0 spiro atoms. The fourth-order valence-electron chi connectivity index (χ4n) is 5.05. The van der Waals surface area contributed by atoms with Crippen LogP contribution in [0.15, 0.2) is 125 Å². The molecule has 0 aliphatic carbocycles. The Morgan fingerprint density at radius 2 is 1.35 bits per heavy atom. The highest BCUT2D eigenvalue weighted by atomic mass is 16.5. The molecule has 1 unspecified atom stereocenters. The molecule has 40 heavy (non-hydrogen) atoms. The molecule has 196 valence electrons. The maximum Gasteiger partial charge on any atom is 0.343 e. The van der Waals surface area contributed by atoms with Crippen LogP contribution in [0.5, 0.6) is 5.75 Å². The minimum Gasteiger partial charge on any atom is -0.421 e. The Kier molecular flexibility index (Phi) is 6.54. The topological polar surface area (TPSA) is 81.0 Å². The second-order valence-electron chi connectivity index (χ2n) is 9.53. The highest BCUT2D eigenvalue weighted by Gasteiger charge is 2.36. The van der Waals surface area contributed by atoms with E-state index in [0.717, 1.165) is 5.56 Å². The Morgan fingerprint density at radius 3 is 2.02 bits per heavy atom. The number of rotatable bonds is 5. The number of hydrogen-bond acceptors (Lipinski definition) is 5. The summed E-state index contributed by atoms with van der Waals surface area (Å²) in [5.41, 5.74) is 2.50. The van der Waals surface area contributed by atoms with Crippen molar-refractivity contribution < 1.29 is 14.3 Å². The van der Waals surface area contributed by atoms with Gasteiger partial charge < -0.3 is 9.30 Å². The molecule has 0 saturated heterocycles. The Balaban J connectivity index is 1.53. The van der Waals surface area contributed by atoms with Crippen LogP contribution in [0.25, 0.3) is 10.9 Å². The summed E-state index contributed by atoms with van der Waals surface area (Å²) in [7, 11) is 1.67. The summed E-state index contributed by atoms with van der Waals surface area (Å²) >= 11 is 0. The number of nitrogens with zero attached hydrogens (tertiary/aromatic N) is 3. The molecule has 2 heterocycles. The highest BCUT2D eigenvalue weighted by Crippen LogP contribution is 2.37. The molecule has 0 bridgehead atoms. The van der Waals surface area contributed by atoms with Crippen molar-refractivity contribution in [2.24, 2.45) is 12.1 Å². The zero-order valence-corrected chi connectivity index (χ0v) is 21.7. The number of pyridine rings is 1. The standard InChI is InChI=1S/C33H25N3O4/c1-35-27-20-12-11-19-25(27)30(40-33(39)24-17-9-4-10-18-24)29(32(35)38)26-21-28(22-13-5-2-6-14-22)36(34-26)31(37)23-15-7-3-8-16-23/h2-20,28H,21H2,1H3. The summed E-state index contributed by atoms with van der Waals surface area (Å²) in [5, 5.41) is 6.76. The number of aromatic nitrogens is 1. The maximum atomic E-state index is 13.9. The summed E-state index contributed by atoms with van der Waals surface area (Å²) in [4.78, 5) is 40.8. The fourth-order valence-corrected chi connectivity index (χ4v) is 5.05. The number of amides is 1. The summed E-state index contributed by atoms with van der Waals surface area (Å²) < 4.78 is 7.50. The van der Waals surface area contributed by atoms with Crippen LogP contribution in [0.2, 0.25) is 0 Å². The maximum absolute atomic E-state index is 13.9. The molecule has 4 aromatic carbocycles. The number of hydrazone groups is 1. The van der Waals surface area contributed by atoms with E-state index in [2.05, 4.69) is 0 Å². The third-order valence-electron chi connectivity index (χ3n) is 7.07. The summed E-state index contributed by atoms with van der Waals surface area (Å²) in [5.74, 6) is -0.743. The monoisotopic (exact) mass is 527 g/mol. The molecule has 0 saturated carbocycles. The molecule has 6 rings (SSSR count). The first-order valence-corrected chi connectivity index (χ1v) is 12.9. The Labute approximate surface area is 230 Å². The third kappa shape index (κ3) is 4.47. The van der Waals surface area contributed by atoms with Crippen LogP contribution in [-0.4, -0.2) is 27.2 Å². The molecule has 0 N–H and O–H groups in total. The average molecular weight is 528 g/mol. The number of para-hydroxylation sites is 1. The van der Waals surface area contributed by atoms with Crippen molar-refractivity contribution in [2.45, 2.75) is 12.5 Å². The molecule has 0 fully saturated rings. The van der Waals surface area contributed by atoms with Gasteiger partial charge in [-0.15, -0.1) is 0 Å². The molecule has 1 aliphatic heterocycles. The van der Waals surface area contributed by atoms with Crippen LogP contribution >= 0.6 is 0 Å². The number of esters is 1. The lowest BCUT2D eigenvalue weighted by Gasteiger charge is -2.22. The van der Waals surface area contributed by atoms with Gasteiger partial charge in [0.2, 0.25) is 0 Å². The van der Waals surface area contributed by atoms with Crippen LogP contribution in [0.1, 0.15) is 44.3 Å². The lowest BCUT2D eigenvalue weighted by Crippen LogP contribution is -2.27. The Morgan fingerprint density at radius 1 is 0.775 bits per heavy atom. The lowest BCUT2D eigenvalue weighted by molar-refractivity contribution is 0.0708. The summed E-state index contributed by atoms with van der Waals surface area (Å²) in [6.45, 7) is 0. The lowest BCUT2D eigenvalue weighted by atomic mass is 9.97. The largest absolute Gasteiger partial charge is 0.421 e. The molecule has 5 aromatic rings. The van der Waals surface area contributed by atoms with E-state index in [1.807, 2.05) is 60.7 Å². The summed E-state index contributed by atoms with van der Waals surface area (Å²) in [6, 6.07) is 33.9. The zero-order chi connectivity index (χ0) is 27.6. The second kappa shape index (κ2) is 10.5. The van der Waals surface area contributed by atoms with Gasteiger partial charge in [-0.1, -0.05) is 78.9 Å². The fraction of sp³-hybridized carbons (Fsp3) is 0.0909. The molecule has 0 radical (unpaired) electrons. The van der Waals surface area contributed by atoms with Gasteiger partial charge in [0.25, 0.3) is 11.5 Å². The number of hydrogen-bond donors (Lipinski definition) is 0. The van der Waals surface area contributed by atoms with Crippen LogP contribution in [-0.2, 0) is 7.05 Å². The van der Waals surface area contributed by atoms with Crippen LogP contribution in [0, 0.1) is 0 Å². The molecule has 7 nitrogen and oxygen atoms in total. The normalized spacial score (nSPS) is 14.7. The number of fused-ring (bicyclic) bond motifs is 1. The van der Waals surface area contributed by atoms with E-state index in [-0.39, 0.29) is 29.2 Å². The first-order valence-electron chi connectivity index (χ1n) is 12.9. The molecule has 1 aliphatic rings. The van der Waals surface area contributed by atoms with E-state index < -0.39 is 12.0 Å². The highest BCUT2D eigenvalue weighted by molar-refractivity contribution is 6.10. The minimum atomic E-state index is -0.587. The van der Waals surface area contributed by atoms with Crippen molar-refractivity contribution in [2.75, 3.05) is 0 Å². The second-order valence-corrected chi connectivity index (χ2v) is 9.53. The van der Waals surface area contributed by atoms with Crippen molar-refractivity contribution in [3.8, 4) is 5.75 Å². The van der Waals surface area contributed by atoms with Crippen LogP contribution in [0.3, 0.4) is 0 Å². The van der Waals surface area contributed by atoms with E-state index >= 15 is 0 Å². The van der Waals surface area contributed by atoms with Crippen LogP contribution in [0.4, 0.5) is 0 Å². The van der Waals surface area contributed by atoms with E-state index in [1.54, 1.807) is 61.6 Å². The van der Waals surface area contributed by atoms with Crippen molar-refractivity contribution in [3.63, 3.8) is 0 Å². The van der Waals surface area contributed by atoms with Gasteiger partial charge in [-0.2, -0.15) is 5.10 Å². The van der Waals surface area contributed by atoms with E-state index in [4.69, 9.17) is 9.84 Å². The number of ether oxygens (including phenoxy) is 1. The van der Waals surface area contributed by atoms with E-state index in [9.17, 15) is 14.4 Å². The van der Waals surface area contributed by atoms with Gasteiger partial charge in [-0.3, -0.25) is 9.59 Å². The van der Waals surface area contributed by atoms with Gasteiger partial charge in [0.1, 0.15) is 5.56 Å². The number of carbonyl (C=O) groups excluding carboxylic acids is 2. The molecule has 1 atom stereocenters. The van der Waals surface area contributed by atoms with Gasteiger partial charge in [-0.25, -0.2) is 9.80 Å². The SMILES string of the molecule is Cn1c(=O)c(C2=NN(C(=O)c3ccccc3)C(c3ccccc3)C2)c(OC(=O)c2ccccc2)c2ccccc21. The van der Waals surface area contributed by atoms with E-state index in [0.29, 0.717) is 27.7 Å². The van der Waals surface area contributed by atoms with Crippen molar-refractivity contribution in [1.82, 2.24) is 9.58 Å². The van der Waals surface area contributed by atoms with Crippen molar-refractivity contribution in [3.05, 3.63) is 148 Å². The van der Waals surface area contributed by atoms with Gasteiger partial charge in [0.05, 0.1) is 22.8 Å². The van der Waals surface area contributed by atoms with Gasteiger partial charge in [-0.05, 0) is 42.0 Å². The zero-order valence-electron chi connectivity index (χ0n) is 21.7. The molecule has 7 heteroatoms. The third-order valence-corrected chi connectivity index (χ3v) is 7.07. The number of carbonyl (C=O) groups is 2. The quantitative estimate of drug-likeness (QED) is 0.273. The van der Waals surface area contributed by atoms with Crippen LogP contribution < -0.4 is 10.3 Å². The molecular formula is C33H25N3O4.